The lowest BCUT2D eigenvalue weighted by atomic mass is 10.1. The Morgan fingerprint density at radius 1 is 1.12 bits per heavy atom. The van der Waals surface area contributed by atoms with Gasteiger partial charge >= 0.3 is 0 Å². The van der Waals surface area contributed by atoms with Crippen molar-refractivity contribution in [3.8, 4) is 0 Å². The molecule has 0 bridgehead atoms. The van der Waals surface area contributed by atoms with E-state index in [0.717, 1.165) is 16.9 Å². The van der Waals surface area contributed by atoms with Crippen LogP contribution in [0.25, 0.3) is 0 Å². The van der Waals surface area contributed by atoms with E-state index in [1.165, 1.54) is 6.07 Å². The van der Waals surface area contributed by atoms with Crippen LogP contribution in [0.15, 0.2) is 52.9 Å². The monoisotopic (exact) mass is 408 g/mol. The van der Waals surface area contributed by atoms with Crippen LogP contribution in [0.4, 0.5) is 10.8 Å². The molecule has 1 amide bonds. The van der Waals surface area contributed by atoms with E-state index in [2.05, 4.69) is 20.2 Å². The molecule has 0 aliphatic carbocycles. The van der Waals surface area contributed by atoms with Crippen LogP contribution in [0.5, 0.6) is 0 Å². The van der Waals surface area contributed by atoms with E-state index in [1.54, 1.807) is 36.4 Å². The maximum Gasteiger partial charge on any atom is 0.291 e. The van der Waals surface area contributed by atoms with Crippen molar-refractivity contribution in [3.63, 3.8) is 0 Å². The molecule has 134 valence electrons. The summed E-state index contributed by atoms with van der Waals surface area (Å²) in [6.07, 6.45) is 0. The highest BCUT2D eigenvalue weighted by Gasteiger charge is 2.21. The maximum atomic E-state index is 12.4. The van der Waals surface area contributed by atoms with Crippen molar-refractivity contribution in [1.82, 2.24) is 10.2 Å². The number of aromatic nitrogens is 2. The summed E-state index contributed by atoms with van der Waals surface area (Å²) in [4.78, 5) is 12.2. The molecule has 2 aromatic carbocycles. The number of nitrogens with zero attached hydrogens (tertiary/aromatic N) is 2. The van der Waals surface area contributed by atoms with Crippen molar-refractivity contribution < 1.29 is 13.2 Å². The molecule has 0 aliphatic rings. The minimum absolute atomic E-state index is 0.0861. The van der Waals surface area contributed by atoms with Gasteiger partial charge in [0.25, 0.3) is 20.3 Å². The van der Waals surface area contributed by atoms with Crippen molar-refractivity contribution in [2.45, 2.75) is 11.3 Å². The molecule has 0 unspecified atom stereocenters. The molecule has 3 rings (SSSR count). The normalized spacial score (nSPS) is 11.2. The molecule has 26 heavy (non-hydrogen) atoms. The van der Waals surface area contributed by atoms with Crippen molar-refractivity contribution in [3.05, 3.63) is 64.7 Å². The van der Waals surface area contributed by atoms with Crippen LogP contribution in [-0.2, 0) is 10.0 Å². The number of carbonyl (C=O) groups excluding carboxylic acids is 1. The van der Waals surface area contributed by atoms with Crippen LogP contribution in [0.1, 0.15) is 15.9 Å². The molecular weight excluding hydrogens is 396 g/mol. The Morgan fingerprint density at radius 3 is 2.62 bits per heavy atom. The minimum atomic E-state index is -3.93. The Morgan fingerprint density at radius 2 is 1.88 bits per heavy atom. The second-order valence-electron chi connectivity index (χ2n) is 5.31. The summed E-state index contributed by atoms with van der Waals surface area (Å²) in [6, 6.07) is 13.3. The van der Waals surface area contributed by atoms with E-state index in [9.17, 15) is 13.2 Å². The van der Waals surface area contributed by atoms with Gasteiger partial charge in [-0.05, 0) is 37.3 Å². The van der Waals surface area contributed by atoms with E-state index >= 15 is 0 Å². The molecule has 0 saturated heterocycles. The summed E-state index contributed by atoms with van der Waals surface area (Å²) in [5, 5.41) is 10.4. The van der Waals surface area contributed by atoms with Gasteiger partial charge in [-0.1, -0.05) is 46.7 Å². The number of rotatable bonds is 5. The van der Waals surface area contributed by atoms with Crippen molar-refractivity contribution >= 4 is 49.7 Å². The number of hydrogen-bond acceptors (Lipinski definition) is 6. The lowest BCUT2D eigenvalue weighted by Gasteiger charge is -2.04. The number of amides is 1. The summed E-state index contributed by atoms with van der Waals surface area (Å²) in [5.74, 6) is -0.392. The highest BCUT2D eigenvalue weighted by atomic mass is 35.5. The molecule has 0 fully saturated rings. The zero-order valence-corrected chi connectivity index (χ0v) is 15.8. The fraction of sp³-hybridized carbons (Fsp3) is 0.0625. The molecule has 0 saturated carbocycles. The van der Waals surface area contributed by atoms with E-state index in [4.69, 9.17) is 11.6 Å². The fourth-order valence-electron chi connectivity index (χ4n) is 2.08. The highest BCUT2D eigenvalue weighted by Crippen LogP contribution is 2.24. The molecule has 0 spiro atoms. The van der Waals surface area contributed by atoms with Gasteiger partial charge in [-0.25, -0.2) is 0 Å². The lowest BCUT2D eigenvalue weighted by Crippen LogP contribution is -2.12. The predicted octanol–water partition coefficient (Wildman–Crippen LogP) is 3.55. The Balaban J connectivity index is 1.75. The lowest BCUT2D eigenvalue weighted by molar-refractivity contribution is 0.102. The number of carbonyl (C=O) groups is 1. The van der Waals surface area contributed by atoms with Crippen LogP contribution >= 0.6 is 22.9 Å². The molecule has 10 heteroatoms. The second kappa shape index (κ2) is 7.40. The van der Waals surface area contributed by atoms with Gasteiger partial charge in [-0.15, -0.1) is 10.2 Å². The van der Waals surface area contributed by atoms with Crippen LogP contribution in [0.3, 0.4) is 0 Å². The number of sulfonamides is 1. The average molecular weight is 409 g/mol. The number of halogens is 1. The van der Waals surface area contributed by atoms with Gasteiger partial charge in [0.15, 0.2) is 0 Å². The van der Waals surface area contributed by atoms with Gasteiger partial charge in [-0.3, -0.25) is 14.8 Å². The average Bonchev–Trinajstić information content (AvgIpc) is 3.04. The van der Waals surface area contributed by atoms with E-state index in [1.807, 2.05) is 13.0 Å². The largest absolute Gasteiger partial charge is 0.296 e. The number of hydrogen-bond donors (Lipinski definition) is 2. The molecule has 1 heterocycles. The third-order valence-electron chi connectivity index (χ3n) is 3.21. The third kappa shape index (κ3) is 4.37. The SMILES string of the molecule is Cc1cccc(C(=O)Nc2nnc(S(=O)(=O)Nc3cccc(Cl)c3)s2)c1. The first kappa shape index (κ1) is 18.3. The van der Waals surface area contributed by atoms with E-state index in [-0.39, 0.29) is 9.47 Å². The molecular formula is C16H13ClN4O3S2. The summed E-state index contributed by atoms with van der Waals surface area (Å²) >= 11 is 6.60. The van der Waals surface area contributed by atoms with Crippen molar-refractivity contribution in [1.29, 1.82) is 0 Å². The zero-order valence-electron chi connectivity index (χ0n) is 13.4. The summed E-state index contributed by atoms with van der Waals surface area (Å²) in [7, 11) is -3.93. The predicted molar refractivity (Wildman–Crippen MR) is 101 cm³/mol. The Bertz CT molecular complexity index is 1070. The van der Waals surface area contributed by atoms with Crippen LogP contribution in [0.2, 0.25) is 5.02 Å². The van der Waals surface area contributed by atoms with Gasteiger partial charge in [-0.2, -0.15) is 8.42 Å². The molecule has 0 aliphatic heterocycles. The minimum Gasteiger partial charge on any atom is -0.296 e. The first-order valence-corrected chi connectivity index (χ1v) is 10.0. The fourth-order valence-corrected chi connectivity index (χ4v) is 4.21. The Hall–Kier alpha value is -2.49. The Labute approximate surface area is 159 Å². The summed E-state index contributed by atoms with van der Waals surface area (Å²) in [5.41, 5.74) is 1.68. The smallest absolute Gasteiger partial charge is 0.291 e. The van der Waals surface area contributed by atoms with Crippen LogP contribution < -0.4 is 10.0 Å². The number of benzene rings is 2. The number of anilines is 2. The van der Waals surface area contributed by atoms with Gasteiger partial charge in [0.2, 0.25) is 5.13 Å². The Kier molecular flexibility index (Phi) is 5.21. The number of aryl methyl sites for hydroxylation is 1. The summed E-state index contributed by atoms with van der Waals surface area (Å²) in [6.45, 7) is 1.87. The van der Waals surface area contributed by atoms with Gasteiger partial charge in [0.1, 0.15) is 0 Å². The van der Waals surface area contributed by atoms with Crippen molar-refractivity contribution in [2.24, 2.45) is 0 Å². The quantitative estimate of drug-likeness (QED) is 0.628. The topological polar surface area (TPSA) is 101 Å². The molecule has 7 nitrogen and oxygen atoms in total. The standard InChI is InChI=1S/C16H13ClN4O3S2/c1-10-4-2-5-11(8-10)14(22)18-15-19-20-16(25-15)26(23,24)21-13-7-3-6-12(17)9-13/h2-9,21H,1H3,(H,18,19,22). The highest BCUT2D eigenvalue weighted by molar-refractivity contribution is 7.94. The zero-order chi connectivity index (χ0) is 18.7. The molecule has 1 aromatic heterocycles. The first-order valence-electron chi connectivity index (χ1n) is 7.33. The van der Waals surface area contributed by atoms with E-state index < -0.39 is 15.9 Å². The van der Waals surface area contributed by atoms with Gasteiger partial charge in [0.05, 0.1) is 5.69 Å². The first-order chi connectivity index (χ1) is 12.3. The second-order valence-corrected chi connectivity index (χ2v) is 8.58. The molecule has 0 atom stereocenters. The third-order valence-corrected chi connectivity index (χ3v) is 6.04. The van der Waals surface area contributed by atoms with Crippen molar-refractivity contribution in [2.75, 3.05) is 10.0 Å². The molecule has 2 N–H and O–H groups in total. The molecule has 3 aromatic rings. The van der Waals surface area contributed by atoms with E-state index in [0.29, 0.717) is 16.3 Å². The molecule has 0 radical (unpaired) electrons. The van der Waals surface area contributed by atoms with Crippen LogP contribution in [-0.4, -0.2) is 24.5 Å². The number of nitrogens with one attached hydrogen (secondary N) is 2. The summed E-state index contributed by atoms with van der Waals surface area (Å²) < 4.78 is 26.8. The van der Waals surface area contributed by atoms with Gasteiger partial charge < -0.3 is 0 Å². The van der Waals surface area contributed by atoms with Gasteiger partial charge in [0, 0.05) is 10.6 Å². The maximum absolute atomic E-state index is 12.4. The van der Waals surface area contributed by atoms with Crippen LogP contribution in [0, 0.1) is 6.92 Å².